The SMILES string of the molecule is CCNCC=Cc1cc(C)nc2ccccc12. The molecule has 17 heavy (non-hydrogen) atoms. The van der Waals surface area contributed by atoms with Gasteiger partial charge in [0.25, 0.3) is 0 Å². The molecule has 2 heteroatoms. The highest BCUT2D eigenvalue weighted by Gasteiger charge is 1.99. The molecule has 1 N–H and O–H groups in total. The van der Waals surface area contributed by atoms with E-state index < -0.39 is 0 Å². The zero-order valence-electron chi connectivity index (χ0n) is 10.4. The molecule has 1 aromatic carbocycles. The van der Waals surface area contributed by atoms with Crippen LogP contribution in [-0.4, -0.2) is 18.1 Å². The molecule has 2 rings (SSSR count). The molecule has 0 bridgehead atoms. The maximum atomic E-state index is 4.53. The van der Waals surface area contributed by atoms with Crippen LogP contribution in [-0.2, 0) is 0 Å². The molecular weight excluding hydrogens is 208 g/mol. The molecule has 0 saturated heterocycles. The van der Waals surface area contributed by atoms with Crippen molar-refractivity contribution in [3.8, 4) is 0 Å². The van der Waals surface area contributed by atoms with Gasteiger partial charge in [0.1, 0.15) is 0 Å². The van der Waals surface area contributed by atoms with E-state index in [9.17, 15) is 0 Å². The van der Waals surface area contributed by atoms with E-state index in [-0.39, 0.29) is 0 Å². The van der Waals surface area contributed by atoms with Gasteiger partial charge in [0.05, 0.1) is 5.52 Å². The number of pyridine rings is 1. The summed E-state index contributed by atoms with van der Waals surface area (Å²) in [5.74, 6) is 0. The first kappa shape index (κ1) is 11.8. The number of aromatic nitrogens is 1. The van der Waals surface area contributed by atoms with Gasteiger partial charge in [-0.15, -0.1) is 0 Å². The number of nitrogens with one attached hydrogen (secondary N) is 1. The van der Waals surface area contributed by atoms with Crippen molar-refractivity contribution in [2.75, 3.05) is 13.1 Å². The van der Waals surface area contributed by atoms with Crippen LogP contribution in [0, 0.1) is 6.92 Å². The molecule has 1 heterocycles. The van der Waals surface area contributed by atoms with E-state index in [0.29, 0.717) is 0 Å². The summed E-state index contributed by atoms with van der Waals surface area (Å²) in [4.78, 5) is 4.53. The lowest BCUT2D eigenvalue weighted by atomic mass is 10.1. The van der Waals surface area contributed by atoms with Gasteiger partial charge in [0.2, 0.25) is 0 Å². The van der Waals surface area contributed by atoms with E-state index in [1.54, 1.807) is 0 Å². The Labute approximate surface area is 102 Å². The molecule has 0 aliphatic rings. The number of hydrogen-bond acceptors (Lipinski definition) is 2. The maximum Gasteiger partial charge on any atom is 0.0711 e. The molecule has 1 aromatic heterocycles. The number of aryl methyl sites for hydroxylation is 1. The van der Waals surface area contributed by atoms with Crippen molar-refractivity contribution in [3.63, 3.8) is 0 Å². The van der Waals surface area contributed by atoms with Crippen LogP contribution < -0.4 is 5.32 Å². The minimum absolute atomic E-state index is 0.909. The molecule has 0 saturated carbocycles. The monoisotopic (exact) mass is 226 g/mol. The van der Waals surface area contributed by atoms with Crippen LogP contribution in [0.2, 0.25) is 0 Å². The molecular formula is C15H18N2. The van der Waals surface area contributed by atoms with E-state index in [1.165, 1.54) is 10.9 Å². The number of rotatable bonds is 4. The van der Waals surface area contributed by atoms with E-state index >= 15 is 0 Å². The van der Waals surface area contributed by atoms with Gasteiger partial charge < -0.3 is 5.32 Å². The second kappa shape index (κ2) is 5.60. The van der Waals surface area contributed by atoms with Crippen molar-refractivity contribution in [1.82, 2.24) is 10.3 Å². The largest absolute Gasteiger partial charge is 0.314 e. The lowest BCUT2D eigenvalue weighted by Crippen LogP contribution is -2.11. The standard InChI is InChI=1S/C15H18N2/c1-3-16-10-6-7-13-11-12(2)17-15-9-5-4-8-14(13)15/h4-9,11,16H,3,10H2,1-2H3. The topological polar surface area (TPSA) is 24.9 Å². The van der Waals surface area contributed by atoms with Crippen LogP contribution in [0.4, 0.5) is 0 Å². The summed E-state index contributed by atoms with van der Waals surface area (Å²) in [7, 11) is 0. The highest BCUT2D eigenvalue weighted by Crippen LogP contribution is 2.19. The number of benzene rings is 1. The molecule has 0 aliphatic heterocycles. The molecule has 0 atom stereocenters. The van der Waals surface area contributed by atoms with Gasteiger partial charge >= 0.3 is 0 Å². The average molecular weight is 226 g/mol. The fraction of sp³-hybridized carbons (Fsp3) is 0.267. The van der Waals surface area contributed by atoms with E-state index in [0.717, 1.165) is 24.3 Å². The van der Waals surface area contributed by atoms with E-state index in [1.807, 2.05) is 13.0 Å². The van der Waals surface area contributed by atoms with Crippen molar-refractivity contribution >= 4 is 17.0 Å². The summed E-state index contributed by atoms with van der Waals surface area (Å²) in [5, 5.41) is 4.49. The third kappa shape index (κ3) is 2.92. The molecule has 0 amide bonds. The molecule has 0 unspecified atom stereocenters. The van der Waals surface area contributed by atoms with Crippen LogP contribution in [0.1, 0.15) is 18.2 Å². The molecule has 88 valence electrons. The Kier molecular flexibility index (Phi) is 3.89. The predicted molar refractivity (Wildman–Crippen MR) is 74.1 cm³/mol. The minimum Gasteiger partial charge on any atom is -0.314 e. The lowest BCUT2D eigenvalue weighted by molar-refractivity contribution is 0.801. The second-order valence-corrected chi connectivity index (χ2v) is 4.08. The fourth-order valence-corrected chi connectivity index (χ4v) is 1.89. The van der Waals surface area contributed by atoms with Crippen molar-refractivity contribution in [2.24, 2.45) is 0 Å². The first-order valence-corrected chi connectivity index (χ1v) is 6.05. The van der Waals surface area contributed by atoms with Crippen LogP contribution >= 0.6 is 0 Å². The Bertz CT molecular complexity index is 529. The summed E-state index contributed by atoms with van der Waals surface area (Å²) in [6, 6.07) is 10.4. The zero-order chi connectivity index (χ0) is 12.1. The van der Waals surface area contributed by atoms with Crippen LogP contribution in [0.3, 0.4) is 0 Å². The summed E-state index contributed by atoms with van der Waals surface area (Å²) in [5.41, 5.74) is 3.37. The Morgan fingerprint density at radius 2 is 2.12 bits per heavy atom. The second-order valence-electron chi connectivity index (χ2n) is 4.08. The Morgan fingerprint density at radius 3 is 2.94 bits per heavy atom. The zero-order valence-corrected chi connectivity index (χ0v) is 10.4. The smallest absolute Gasteiger partial charge is 0.0711 e. The Balaban J connectivity index is 2.35. The van der Waals surface area contributed by atoms with Gasteiger partial charge in [-0.05, 0) is 31.2 Å². The first-order chi connectivity index (χ1) is 8.31. The molecule has 2 nitrogen and oxygen atoms in total. The van der Waals surface area contributed by atoms with Crippen molar-refractivity contribution in [2.45, 2.75) is 13.8 Å². The number of nitrogens with zero attached hydrogens (tertiary/aromatic N) is 1. The third-order valence-electron chi connectivity index (χ3n) is 2.69. The van der Waals surface area contributed by atoms with Gasteiger partial charge in [-0.2, -0.15) is 0 Å². The Morgan fingerprint density at radius 1 is 1.29 bits per heavy atom. The summed E-state index contributed by atoms with van der Waals surface area (Å²) < 4.78 is 0. The van der Waals surface area contributed by atoms with Gasteiger partial charge in [-0.1, -0.05) is 37.3 Å². The van der Waals surface area contributed by atoms with Gasteiger partial charge in [-0.25, -0.2) is 0 Å². The summed E-state index contributed by atoms with van der Waals surface area (Å²) >= 11 is 0. The van der Waals surface area contributed by atoms with Gasteiger partial charge in [0.15, 0.2) is 0 Å². The molecule has 2 aromatic rings. The van der Waals surface area contributed by atoms with Gasteiger partial charge in [-0.3, -0.25) is 4.98 Å². The highest BCUT2D eigenvalue weighted by atomic mass is 14.8. The highest BCUT2D eigenvalue weighted by molar-refractivity contribution is 5.87. The quantitative estimate of drug-likeness (QED) is 0.810. The maximum absolute atomic E-state index is 4.53. The third-order valence-corrected chi connectivity index (χ3v) is 2.69. The van der Waals surface area contributed by atoms with Crippen LogP contribution in [0.25, 0.3) is 17.0 Å². The predicted octanol–water partition coefficient (Wildman–Crippen LogP) is 3.17. The number of hydrogen-bond donors (Lipinski definition) is 1. The number of para-hydroxylation sites is 1. The minimum atomic E-state index is 0.909. The Hall–Kier alpha value is -1.67. The van der Waals surface area contributed by atoms with Gasteiger partial charge in [0, 0.05) is 17.6 Å². The van der Waals surface area contributed by atoms with E-state index in [4.69, 9.17) is 0 Å². The lowest BCUT2D eigenvalue weighted by Gasteiger charge is -2.03. The van der Waals surface area contributed by atoms with Crippen LogP contribution in [0.15, 0.2) is 36.4 Å². The van der Waals surface area contributed by atoms with Crippen molar-refractivity contribution < 1.29 is 0 Å². The number of likely N-dealkylation sites (N-methyl/N-ethyl adjacent to an activating group) is 1. The van der Waals surface area contributed by atoms with Crippen LogP contribution in [0.5, 0.6) is 0 Å². The molecule has 0 radical (unpaired) electrons. The normalized spacial score (nSPS) is 11.4. The summed E-state index contributed by atoms with van der Waals surface area (Å²) in [6.45, 7) is 6.06. The fourth-order valence-electron chi connectivity index (χ4n) is 1.89. The molecule has 0 fully saturated rings. The molecule has 0 spiro atoms. The first-order valence-electron chi connectivity index (χ1n) is 6.05. The van der Waals surface area contributed by atoms with E-state index in [2.05, 4.69) is 53.6 Å². The number of fused-ring (bicyclic) bond motifs is 1. The van der Waals surface area contributed by atoms with Crippen molar-refractivity contribution in [3.05, 3.63) is 47.7 Å². The van der Waals surface area contributed by atoms with Crippen molar-refractivity contribution in [1.29, 1.82) is 0 Å². The summed E-state index contributed by atoms with van der Waals surface area (Å²) in [6.07, 6.45) is 4.32. The average Bonchev–Trinajstić information content (AvgIpc) is 2.34. The molecule has 0 aliphatic carbocycles.